The third-order valence-corrected chi connectivity index (χ3v) is 3.17. The van der Waals surface area contributed by atoms with Gasteiger partial charge in [-0.1, -0.05) is 48.0 Å². The van der Waals surface area contributed by atoms with Gasteiger partial charge >= 0.3 is 0 Å². The molecule has 0 saturated carbocycles. The first-order valence-corrected chi connectivity index (χ1v) is 6.53. The maximum absolute atomic E-state index is 3.59. The Balaban J connectivity index is 2.01. The van der Waals surface area contributed by atoms with Gasteiger partial charge in [0.25, 0.3) is 0 Å². The van der Waals surface area contributed by atoms with Crippen molar-refractivity contribution in [2.75, 3.05) is 5.32 Å². The molecule has 2 aromatic rings. The van der Waals surface area contributed by atoms with E-state index < -0.39 is 0 Å². The molecule has 2 aromatic carbocycles. The summed E-state index contributed by atoms with van der Waals surface area (Å²) in [7, 11) is 0. The second-order valence-corrected chi connectivity index (χ2v) is 5.05. The number of hydrogen-bond donors (Lipinski definition) is 1. The summed E-state index contributed by atoms with van der Waals surface area (Å²) in [6.45, 7) is 6.51. The average molecular weight is 239 g/mol. The van der Waals surface area contributed by atoms with Crippen LogP contribution in [0.2, 0.25) is 0 Å². The first-order chi connectivity index (χ1) is 8.65. The quantitative estimate of drug-likeness (QED) is 0.836. The van der Waals surface area contributed by atoms with Gasteiger partial charge in [-0.25, -0.2) is 0 Å². The first kappa shape index (κ1) is 12.7. The van der Waals surface area contributed by atoms with Crippen molar-refractivity contribution < 1.29 is 0 Å². The van der Waals surface area contributed by atoms with Crippen molar-refractivity contribution in [1.82, 2.24) is 0 Å². The van der Waals surface area contributed by atoms with Crippen LogP contribution in [-0.4, -0.2) is 6.04 Å². The van der Waals surface area contributed by atoms with Gasteiger partial charge in [0.15, 0.2) is 0 Å². The molecule has 0 aliphatic heterocycles. The lowest BCUT2D eigenvalue weighted by Gasteiger charge is -2.17. The number of benzene rings is 2. The van der Waals surface area contributed by atoms with Crippen molar-refractivity contribution >= 4 is 5.69 Å². The summed E-state index contributed by atoms with van der Waals surface area (Å²) in [4.78, 5) is 0. The molecule has 0 heterocycles. The molecule has 1 atom stereocenters. The van der Waals surface area contributed by atoms with E-state index in [0.29, 0.717) is 6.04 Å². The topological polar surface area (TPSA) is 12.0 Å². The Morgan fingerprint density at radius 1 is 1.00 bits per heavy atom. The third kappa shape index (κ3) is 3.36. The Bertz CT molecular complexity index is 502. The second kappa shape index (κ2) is 5.72. The molecule has 0 saturated heterocycles. The molecule has 0 aliphatic rings. The van der Waals surface area contributed by atoms with E-state index in [1.807, 2.05) is 0 Å². The summed E-state index contributed by atoms with van der Waals surface area (Å²) >= 11 is 0. The number of rotatable bonds is 4. The average Bonchev–Trinajstić information content (AvgIpc) is 2.34. The highest BCUT2D eigenvalue weighted by atomic mass is 14.9. The van der Waals surface area contributed by atoms with Crippen LogP contribution in [0.3, 0.4) is 0 Å². The number of aryl methyl sites for hydroxylation is 2. The van der Waals surface area contributed by atoms with Crippen LogP contribution in [-0.2, 0) is 6.42 Å². The summed E-state index contributed by atoms with van der Waals surface area (Å²) in [5, 5.41) is 3.59. The fourth-order valence-electron chi connectivity index (χ4n) is 2.26. The summed E-state index contributed by atoms with van der Waals surface area (Å²) in [5.41, 5.74) is 5.25. The molecular formula is C17H21N. The summed E-state index contributed by atoms with van der Waals surface area (Å²) in [6.07, 6.45) is 1.05. The second-order valence-electron chi connectivity index (χ2n) is 5.05. The summed E-state index contributed by atoms with van der Waals surface area (Å²) in [6, 6.07) is 17.6. The van der Waals surface area contributed by atoms with Gasteiger partial charge in [0.05, 0.1) is 0 Å². The maximum atomic E-state index is 3.59. The van der Waals surface area contributed by atoms with Crippen LogP contribution >= 0.6 is 0 Å². The van der Waals surface area contributed by atoms with Crippen LogP contribution in [0.25, 0.3) is 0 Å². The molecule has 0 aliphatic carbocycles. The molecule has 0 amide bonds. The van der Waals surface area contributed by atoms with E-state index in [1.165, 1.54) is 22.4 Å². The van der Waals surface area contributed by atoms with Crippen LogP contribution in [0, 0.1) is 13.8 Å². The van der Waals surface area contributed by atoms with Gasteiger partial charge in [0.1, 0.15) is 0 Å². The monoisotopic (exact) mass is 239 g/mol. The molecule has 1 unspecified atom stereocenters. The Morgan fingerprint density at radius 3 is 2.39 bits per heavy atom. The SMILES string of the molecule is Cc1ccc(NC(C)Cc2ccccc2)c(C)c1. The zero-order valence-corrected chi connectivity index (χ0v) is 11.4. The van der Waals surface area contributed by atoms with E-state index in [-0.39, 0.29) is 0 Å². The number of hydrogen-bond acceptors (Lipinski definition) is 1. The van der Waals surface area contributed by atoms with Gasteiger partial charge in [0.2, 0.25) is 0 Å². The zero-order valence-electron chi connectivity index (χ0n) is 11.4. The van der Waals surface area contributed by atoms with Gasteiger partial charge < -0.3 is 5.32 Å². The van der Waals surface area contributed by atoms with Crippen molar-refractivity contribution in [2.45, 2.75) is 33.2 Å². The predicted octanol–water partition coefficient (Wildman–Crippen LogP) is 4.35. The van der Waals surface area contributed by atoms with Gasteiger partial charge in [0, 0.05) is 11.7 Å². The van der Waals surface area contributed by atoms with Crippen LogP contribution in [0.1, 0.15) is 23.6 Å². The lowest BCUT2D eigenvalue weighted by atomic mass is 10.1. The van der Waals surface area contributed by atoms with E-state index in [1.54, 1.807) is 0 Å². The summed E-state index contributed by atoms with van der Waals surface area (Å²) in [5.74, 6) is 0. The molecule has 18 heavy (non-hydrogen) atoms. The number of anilines is 1. The molecule has 1 nitrogen and oxygen atoms in total. The molecule has 94 valence electrons. The highest BCUT2D eigenvalue weighted by Crippen LogP contribution is 2.18. The molecule has 2 rings (SSSR count). The van der Waals surface area contributed by atoms with Gasteiger partial charge in [-0.15, -0.1) is 0 Å². The molecule has 0 fully saturated rings. The minimum absolute atomic E-state index is 0.439. The van der Waals surface area contributed by atoms with Gasteiger partial charge in [-0.3, -0.25) is 0 Å². The lowest BCUT2D eigenvalue weighted by molar-refractivity contribution is 0.789. The Hall–Kier alpha value is -1.76. The van der Waals surface area contributed by atoms with E-state index in [0.717, 1.165) is 6.42 Å². The normalized spacial score (nSPS) is 12.2. The van der Waals surface area contributed by atoms with E-state index >= 15 is 0 Å². The standard InChI is InChI=1S/C17H21N/c1-13-9-10-17(14(2)11-13)18-15(3)12-16-7-5-4-6-8-16/h4-11,15,18H,12H2,1-3H3. The molecule has 0 bridgehead atoms. The Kier molecular flexibility index (Phi) is 4.03. The highest BCUT2D eigenvalue weighted by molar-refractivity contribution is 5.52. The van der Waals surface area contributed by atoms with E-state index in [4.69, 9.17) is 0 Å². The van der Waals surface area contributed by atoms with Crippen molar-refractivity contribution in [3.05, 3.63) is 65.2 Å². The van der Waals surface area contributed by atoms with Crippen LogP contribution in [0.4, 0.5) is 5.69 Å². The van der Waals surface area contributed by atoms with Crippen molar-refractivity contribution in [3.63, 3.8) is 0 Å². The lowest BCUT2D eigenvalue weighted by Crippen LogP contribution is -2.18. The van der Waals surface area contributed by atoms with Crippen LogP contribution in [0.5, 0.6) is 0 Å². The van der Waals surface area contributed by atoms with Gasteiger partial charge in [-0.2, -0.15) is 0 Å². The largest absolute Gasteiger partial charge is 0.382 e. The Morgan fingerprint density at radius 2 is 1.72 bits per heavy atom. The van der Waals surface area contributed by atoms with Crippen LogP contribution in [0.15, 0.2) is 48.5 Å². The smallest absolute Gasteiger partial charge is 0.0372 e. The Labute approximate surface area is 110 Å². The predicted molar refractivity (Wildman–Crippen MR) is 79.1 cm³/mol. The van der Waals surface area contributed by atoms with Crippen LogP contribution < -0.4 is 5.32 Å². The molecular weight excluding hydrogens is 218 g/mol. The molecule has 1 heteroatoms. The molecule has 1 N–H and O–H groups in total. The number of nitrogens with one attached hydrogen (secondary N) is 1. The maximum Gasteiger partial charge on any atom is 0.0372 e. The fourth-order valence-corrected chi connectivity index (χ4v) is 2.26. The zero-order chi connectivity index (χ0) is 13.0. The molecule has 0 spiro atoms. The van der Waals surface area contributed by atoms with E-state index in [2.05, 4.69) is 74.6 Å². The first-order valence-electron chi connectivity index (χ1n) is 6.53. The summed E-state index contributed by atoms with van der Waals surface area (Å²) < 4.78 is 0. The van der Waals surface area contributed by atoms with E-state index in [9.17, 15) is 0 Å². The minimum Gasteiger partial charge on any atom is -0.382 e. The molecule has 0 aromatic heterocycles. The van der Waals surface area contributed by atoms with Crippen molar-refractivity contribution in [2.24, 2.45) is 0 Å². The third-order valence-electron chi connectivity index (χ3n) is 3.17. The fraction of sp³-hybridized carbons (Fsp3) is 0.294. The highest BCUT2D eigenvalue weighted by Gasteiger charge is 2.05. The minimum atomic E-state index is 0.439. The molecule has 0 radical (unpaired) electrons. The van der Waals surface area contributed by atoms with Crippen molar-refractivity contribution in [3.8, 4) is 0 Å². The van der Waals surface area contributed by atoms with Gasteiger partial charge in [-0.05, 0) is 44.4 Å². The van der Waals surface area contributed by atoms with Crippen molar-refractivity contribution in [1.29, 1.82) is 0 Å².